The van der Waals surface area contributed by atoms with Crippen molar-refractivity contribution in [2.24, 2.45) is 5.41 Å². The number of benzene rings is 1. The van der Waals surface area contributed by atoms with E-state index in [-0.39, 0.29) is 16.8 Å². The fourth-order valence-corrected chi connectivity index (χ4v) is 4.58. The largest absolute Gasteiger partial charge is 0.379 e. The fourth-order valence-electron chi connectivity index (χ4n) is 4.58. The molecule has 0 bridgehead atoms. The van der Waals surface area contributed by atoms with Gasteiger partial charge in [-0.3, -0.25) is 19.3 Å². The molecule has 9 heteroatoms. The highest BCUT2D eigenvalue weighted by Crippen LogP contribution is 2.33. The molecule has 1 aliphatic carbocycles. The van der Waals surface area contributed by atoms with E-state index in [4.69, 9.17) is 4.74 Å². The number of pyridine rings is 1. The summed E-state index contributed by atoms with van der Waals surface area (Å²) in [5, 5.41) is 2.77. The summed E-state index contributed by atoms with van der Waals surface area (Å²) in [6, 6.07) is 6.80. The second-order valence-electron chi connectivity index (χ2n) is 9.60. The zero-order chi connectivity index (χ0) is 23.2. The first-order valence-corrected chi connectivity index (χ1v) is 11.2. The van der Waals surface area contributed by atoms with E-state index >= 15 is 0 Å². The third kappa shape index (κ3) is 4.46. The second-order valence-corrected chi connectivity index (χ2v) is 9.60. The number of amides is 1. The average Bonchev–Trinajstić information content (AvgIpc) is 3.14. The number of ketones is 1. The van der Waals surface area contributed by atoms with E-state index in [0.29, 0.717) is 36.3 Å². The molecule has 3 heterocycles. The highest BCUT2D eigenvalue weighted by molar-refractivity contribution is 6.07. The number of aromatic nitrogens is 3. The van der Waals surface area contributed by atoms with Crippen LogP contribution < -0.4 is 10.9 Å². The summed E-state index contributed by atoms with van der Waals surface area (Å²) >= 11 is 0. The first kappa shape index (κ1) is 21.5. The number of H-pyrrole nitrogens is 2. The Bertz CT molecular complexity index is 1300. The zero-order valence-electron chi connectivity index (χ0n) is 18.8. The van der Waals surface area contributed by atoms with Gasteiger partial charge in [0.25, 0.3) is 11.5 Å². The van der Waals surface area contributed by atoms with E-state index < -0.39 is 11.5 Å². The number of nitrogens with one attached hydrogen (secondary N) is 3. The van der Waals surface area contributed by atoms with E-state index in [1.165, 1.54) is 6.07 Å². The summed E-state index contributed by atoms with van der Waals surface area (Å²) < 4.78 is 5.38. The Morgan fingerprint density at radius 3 is 2.73 bits per heavy atom. The number of nitrogens with zero attached hydrogens (tertiary/aromatic N) is 2. The van der Waals surface area contributed by atoms with Crippen LogP contribution in [0.15, 0.2) is 29.1 Å². The average molecular weight is 450 g/mol. The van der Waals surface area contributed by atoms with Crippen molar-refractivity contribution in [2.75, 3.05) is 31.6 Å². The number of anilines is 1. The Hall–Kier alpha value is -3.30. The molecule has 1 aromatic carbocycles. The lowest BCUT2D eigenvalue weighted by atomic mass is 9.75. The number of Topliss-reactive ketones (excluding diaryl/α,β-unsaturated/α-hetero) is 1. The van der Waals surface area contributed by atoms with Crippen LogP contribution in [-0.4, -0.2) is 57.8 Å². The number of hydrogen-bond donors (Lipinski definition) is 3. The van der Waals surface area contributed by atoms with Gasteiger partial charge in [-0.1, -0.05) is 13.8 Å². The molecule has 9 nitrogen and oxygen atoms in total. The van der Waals surface area contributed by atoms with Crippen LogP contribution >= 0.6 is 0 Å². The molecular formula is C24H27N5O4. The molecule has 0 saturated carbocycles. The maximum Gasteiger partial charge on any atom is 0.261 e. The summed E-state index contributed by atoms with van der Waals surface area (Å²) in [5.74, 6) is 0.241. The van der Waals surface area contributed by atoms with Crippen LogP contribution in [0.5, 0.6) is 0 Å². The van der Waals surface area contributed by atoms with E-state index in [9.17, 15) is 14.4 Å². The van der Waals surface area contributed by atoms with Crippen molar-refractivity contribution in [1.29, 1.82) is 0 Å². The monoisotopic (exact) mass is 449 g/mol. The number of carbonyl (C=O) groups is 2. The van der Waals surface area contributed by atoms with Crippen LogP contribution in [-0.2, 0) is 17.7 Å². The smallest absolute Gasteiger partial charge is 0.261 e. The Morgan fingerprint density at radius 1 is 1.15 bits per heavy atom. The summed E-state index contributed by atoms with van der Waals surface area (Å²) in [5.41, 5.74) is 2.39. The molecular weight excluding hydrogens is 422 g/mol. The van der Waals surface area contributed by atoms with Crippen molar-refractivity contribution in [3.8, 4) is 0 Å². The fraction of sp³-hybridized carbons (Fsp3) is 0.417. The molecule has 0 unspecified atom stereocenters. The van der Waals surface area contributed by atoms with Gasteiger partial charge >= 0.3 is 0 Å². The first-order valence-electron chi connectivity index (χ1n) is 11.2. The number of rotatable bonds is 4. The topological polar surface area (TPSA) is 120 Å². The van der Waals surface area contributed by atoms with Crippen molar-refractivity contribution in [3.05, 3.63) is 57.3 Å². The molecule has 1 fully saturated rings. The van der Waals surface area contributed by atoms with E-state index in [0.717, 1.165) is 43.2 Å². The Kier molecular flexibility index (Phi) is 5.38. The number of aromatic amines is 2. The number of ether oxygens (including phenoxy) is 1. The summed E-state index contributed by atoms with van der Waals surface area (Å²) in [6.07, 6.45) is 0.977. The number of fused-ring (bicyclic) bond motifs is 2. The number of hydrogen-bond acceptors (Lipinski definition) is 6. The van der Waals surface area contributed by atoms with Gasteiger partial charge in [-0.15, -0.1) is 0 Å². The third-order valence-electron chi connectivity index (χ3n) is 6.23. The van der Waals surface area contributed by atoms with Gasteiger partial charge in [0.15, 0.2) is 5.78 Å². The van der Waals surface area contributed by atoms with Crippen LogP contribution in [0.1, 0.15) is 52.5 Å². The molecule has 3 N–H and O–H groups in total. The lowest BCUT2D eigenvalue weighted by Crippen LogP contribution is -2.35. The van der Waals surface area contributed by atoms with Gasteiger partial charge in [-0.05, 0) is 36.1 Å². The third-order valence-corrected chi connectivity index (χ3v) is 6.23. The maximum atomic E-state index is 12.9. The van der Waals surface area contributed by atoms with Crippen LogP contribution in [0.4, 0.5) is 5.69 Å². The summed E-state index contributed by atoms with van der Waals surface area (Å²) in [7, 11) is 0. The molecule has 0 spiro atoms. The molecule has 0 radical (unpaired) electrons. The van der Waals surface area contributed by atoms with Crippen molar-refractivity contribution in [3.63, 3.8) is 0 Å². The van der Waals surface area contributed by atoms with Crippen molar-refractivity contribution in [1.82, 2.24) is 19.9 Å². The lowest BCUT2D eigenvalue weighted by Gasteiger charge is -2.29. The van der Waals surface area contributed by atoms with Gasteiger partial charge in [0.05, 0.1) is 30.8 Å². The predicted octanol–water partition coefficient (Wildman–Crippen LogP) is 2.49. The molecule has 2 aliphatic rings. The van der Waals surface area contributed by atoms with Gasteiger partial charge in [0.1, 0.15) is 11.4 Å². The second kappa shape index (κ2) is 8.24. The molecule has 3 aromatic rings. The van der Waals surface area contributed by atoms with E-state index in [1.807, 2.05) is 19.9 Å². The van der Waals surface area contributed by atoms with Gasteiger partial charge in [0, 0.05) is 36.5 Å². The molecule has 2 aromatic heterocycles. The molecule has 0 atom stereocenters. The van der Waals surface area contributed by atoms with Crippen molar-refractivity contribution >= 4 is 28.4 Å². The Balaban J connectivity index is 1.35. The van der Waals surface area contributed by atoms with Gasteiger partial charge in [-0.25, -0.2) is 4.98 Å². The molecule has 33 heavy (non-hydrogen) atoms. The summed E-state index contributed by atoms with van der Waals surface area (Å²) in [4.78, 5) is 51.0. The van der Waals surface area contributed by atoms with Crippen LogP contribution in [0, 0.1) is 5.41 Å². The SMILES string of the molecule is CC1(C)CC(=O)c2cc(C(=O)Nc3ccc4nc(CN5CCOCC5)[nH]c4c3)c(=O)[nH]c2C1. The minimum absolute atomic E-state index is 0.0572. The van der Waals surface area contributed by atoms with Crippen molar-refractivity contribution < 1.29 is 14.3 Å². The van der Waals surface area contributed by atoms with Crippen LogP contribution in [0.25, 0.3) is 11.0 Å². The van der Waals surface area contributed by atoms with Gasteiger partial charge in [0.2, 0.25) is 0 Å². The lowest BCUT2D eigenvalue weighted by molar-refractivity contribution is 0.0332. The molecule has 1 aliphatic heterocycles. The molecule has 1 amide bonds. The first-order chi connectivity index (χ1) is 15.8. The van der Waals surface area contributed by atoms with Gasteiger partial charge < -0.3 is 20.0 Å². The predicted molar refractivity (Wildman–Crippen MR) is 124 cm³/mol. The molecule has 5 rings (SSSR count). The molecule has 172 valence electrons. The Morgan fingerprint density at radius 2 is 1.94 bits per heavy atom. The highest BCUT2D eigenvalue weighted by atomic mass is 16.5. The number of morpholine rings is 1. The van der Waals surface area contributed by atoms with E-state index in [2.05, 4.69) is 25.2 Å². The maximum absolute atomic E-state index is 12.9. The Labute approximate surface area is 190 Å². The van der Waals surface area contributed by atoms with Crippen molar-refractivity contribution in [2.45, 2.75) is 33.2 Å². The van der Waals surface area contributed by atoms with Crippen LogP contribution in [0.2, 0.25) is 0 Å². The normalized spacial score (nSPS) is 18.3. The van der Waals surface area contributed by atoms with Crippen LogP contribution in [0.3, 0.4) is 0 Å². The molecule has 1 saturated heterocycles. The standard InChI is InChI=1S/C24H27N5O4/c1-24(2)11-19-15(20(30)12-24)10-16(23(32)28-19)22(31)25-14-3-4-17-18(9-14)27-21(26-17)13-29-5-7-33-8-6-29/h3-4,9-10H,5-8,11-13H2,1-2H3,(H,25,31)(H,26,27)(H,28,32). The highest BCUT2D eigenvalue weighted by Gasteiger charge is 2.32. The minimum Gasteiger partial charge on any atom is -0.379 e. The quantitative estimate of drug-likeness (QED) is 0.563. The van der Waals surface area contributed by atoms with E-state index in [1.54, 1.807) is 12.1 Å². The zero-order valence-corrected chi connectivity index (χ0v) is 18.8. The number of imidazole rings is 1. The summed E-state index contributed by atoms with van der Waals surface area (Å²) in [6.45, 7) is 7.87. The minimum atomic E-state index is -0.552. The van der Waals surface area contributed by atoms with Gasteiger partial charge in [-0.2, -0.15) is 0 Å². The number of carbonyl (C=O) groups excluding carboxylic acids is 2.